The van der Waals surface area contributed by atoms with Crippen LogP contribution in [0, 0.1) is 5.92 Å². The van der Waals surface area contributed by atoms with E-state index in [0.29, 0.717) is 37.8 Å². The zero-order chi connectivity index (χ0) is 18.9. The van der Waals surface area contributed by atoms with Gasteiger partial charge in [-0.3, -0.25) is 0 Å². The van der Waals surface area contributed by atoms with Crippen LogP contribution in [0.5, 0.6) is 0 Å². The molecule has 26 heavy (non-hydrogen) atoms. The second-order valence-corrected chi connectivity index (χ2v) is 8.98. The molecule has 1 aromatic rings. The van der Waals surface area contributed by atoms with E-state index in [1.54, 1.807) is 15.3 Å². The highest BCUT2D eigenvalue weighted by Gasteiger charge is 2.35. The van der Waals surface area contributed by atoms with Gasteiger partial charge in [0.2, 0.25) is 0 Å². The summed E-state index contributed by atoms with van der Waals surface area (Å²) >= 11 is 0. The first kappa shape index (κ1) is 19.4. The average molecular weight is 391 g/mol. The van der Waals surface area contributed by atoms with Crippen molar-refractivity contribution in [2.45, 2.75) is 25.9 Å². The summed E-state index contributed by atoms with van der Waals surface area (Å²) < 4.78 is 67.2. The normalized spacial score (nSPS) is 24.0. The van der Waals surface area contributed by atoms with Crippen LogP contribution in [0.3, 0.4) is 0 Å². The molecule has 1 atom stereocenters. The van der Waals surface area contributed by atoms with Gasteiger partial charge < -0.3 is 4.90 Å². The molecular weight excluding hydrogens is 367 g/mol. The lowest BCUT2D eigenvalue weighted by molar-refractivity contribution is -0.137. The van der Waals surface area contributed by atoms with Crippen molar-refractivity contribution in [3.8, 4) is 0 Å². The number of anilines is 1. The van der Waals surface area contributed by atoms with Crippen LogP contribution in [0.4, 0.5) is 18.9 Å². The highest BCUT2D eigenvalue weighted by Crippen LogP contribution is 2.32. The molecule has 0 bridgehead atoms. The smallest absolute Gasteiger partial charge is 0.369 e. The molecule has 1 aromatic carbocycles. The Labute approximate surface area is 152 Å². The number of hydrogen-bond acceptors (Lipinski definition) is 3. The Hall–Kier alpha value is -1.32. The molecule has 0 N–H and O–H groups in total. The molecule has 0 amide bonds. The fraction of sp³-hybridized carbons (Fsp3) is 0.647. The SMILES string of the molecule is CC1CCCN(S(=O)(=O)N2CCN(c3cccc(C(F)(F)F)c3)CC2)C1. The lowest BCUT2D eigenvalue weighted by atomic mass is 10.0. The van der Waals surface area contributed by atoms with Gasteiger partial charge in [-0.15, -0.1) is 0 Å². The Balaban J connectivity index is 1.66. The predicted octanol–water partition coefficient (Wildman–Crippen LogP) is 2.80. The molecular formula is C17H24F3N3O2S. The Bertz CT molecular complexity index is 731. The highest BCUT2D eigenvalue weighted by molar-refractivity contribution is 7.86. The molecule has 2 saturated heterocycles. The third-order valence-corrected chi connectivity index (χ3v) is 7.05. The molecule has 0 spiro atoms. The van der Waals surface area contributed by atoms with Gasteiger partial charge in [-0.25, -0.2) is 0 Å². The number of hydrogen-bond donors (Lipinski definition) is 0. The van der Waals surface area contributed by atoms with Crippen LogP contribution in [0.1, 0.15) is 25.3 Å². The van der Waals surface area contributed by atoms with E-state index in [4.69, 9.17) is 0 Å². The zero-order valence-corrected chi connectivity index (χ0v) is 15.6. The van der Waals surface area contributed by atoms with E-state index in [9.17, 15) is 21.6 Å². The van der Waals surface area contributed by atoms with Gasteiger partial charge in [0, 0.05) is 45.0 Å². The van der Waals surface area contributed by atoms with Crippen LogP contribution in [0.15, 0.2) is 24.3 Å². The van der Waals surface area contributed by atoms with Gasteiger partial charge in [-0.1, -0.05) is 13.0 Å². The van der Waals surface area contributed by atoms with E-state index in [-0.39, 0.29) is 13.1 Å². The summed E-state index contributed by atoms with van der Waals surface area (Å²) in [7, 11) is -3.50. The van der Waals surface area contributed by atoms with Gasteiger partial charge in [-0.05, 0) is 37.0 Å². The third kappa shape index (κ3) is 4.15. The van der Waals surface area contributed by atoms with Crippen molar-refractivity contribution in [1.29, 1.82) is 0 Å². The minimum Gasteiger partial charge on any atom is -0.369 e. The van der Waals surface area contributed by atoms with Crippen LogP contribution >= 0.6 is 0 Å². The molecule has 0 aromatic heterocycles. The number of rotatable bonds is 3. The number of piperidine rings is 1. The first-order valence-corrected chi connectivity index (χ1v) is 10.2. The lowest BCUT2D eigenvalue weighted by Crippen LogP contribution is -2.54. The minimum absolute atomic E-state index is 0.281. The van der Waals surface area contributed by atoms with Gasteiger partial charge in [0.05, 0.1) is 5.56 Å². The molecule has 0 aliphatic carbocycles. The van der Waals surface area contributed by atoms with E-state index in [1.807, 2.05) is 6.92 Å². The zero-order valence-electron chi connectivity index (χ0n) is 14.7. The van der Waals surface area contributed by atoms with Crippen LogP contribution in [-0.4, -0.2) is 56.3 Å². The van der Waals surface area contributed by atoms with Crippen molar-refractivity contribution >= 4 is 15.9 Å². The molecule has 146 valence electrons. The Morgan fingerprint density at radius 2 is 1.73 bits per heavy atom. The molecule has 5 nitrogen and oxygen atoms in total. The van der Waals surface area contributed by atoms with Gasteiger partial charge in [-0.2, -0.15) is 30.2 Å². The van der Waals surface area contributed by atoms with Crippen molar-refractivity contribution < 1.29 is 21.6 Å². The molecule has 3 rings (SSSR count). The van der Waals surface area contributed by atoms with E-state index in [2.05, 4.69) is 0 Å². The van der Waals surface area contributed by atoms with Gasteiger partial charge >= 0.3 is 6.18 Å². The Kier molecular flexibility index (Phi) is 5.50. The molecule has 2 aliphatic rings. The largest absolute Gasteiger partial charge is 0.416 e. The van der Waals surface area contributed by atoms with E-state index in [1.165, 1.54) is 10.4 Å². The summed E-state index contributed by atoms with van der Waals surface area (Å²) in [4.78, 5) is 1.81. The Morgan fingerprint density at radius 3 is 2.35 bits per heavy atom. The van der Waals surface area contributed by atoms with Gasteiger partial charge in [0.15, 0.2) is 0 Å². The molecule has 0 radical (unpaired) electrons. The van der Waals surface area contributed by atoms with Gasteiger partial charge in [0.1, 0.15) is 0 Å². The number of alkyl halides is 3. The quantitative estimate of drug-likeness (QED) is 0.796. The Morgan fingerprint density at radius 1 is 1.04 bits per heavy atom. The molecule has 2 aliphatic heterocycles. The molecule has 1 unspecified atom stereocenters. The van der Waals surface area contributed by atoms with Crippen LogP contribution in [-0.2, 0) is 16.4 Å². The van der Waals surface area contributed by atoms with Gasteiger partial charge in [0.25, 0.3) is 10.2 Å². The lowest BCUT2D eigenvalue weighted by Gasteiger charge is -2.39. The standard InChI is InChI=1S/C17H24F3N3O2S/c1-14-4-3-7-23(13-14)26(24,25)22-10-8-21(9-11-22)16-6-2-5-15(12-16)17(18,19)20/h2,5-6,12,14H,3-4,7-11,13H2,1H3. The summed E-state index contributed by atoms with van der Waals surface area (Å²) in [6, 6.07) is 5.18. The summed E-state index contributed by atoms with van der Waals surface area (Å²) in [6.07, 6.45) is -2.48. The van der Waals surface area contributed by atoms with E-state index in [0.717, 1.165) is 25.0 Å². The topological polar surface area (TPSA) is 43.9 Å². The molecule has 0 saturated carbocycles. The van der Waals surface area contributed by atoms with Crippen molar-refractivity contribution in [2.75, 3.05) is 44.2 Å². The number of nitrogens with zero attached hydrogens (tertiary/aromatic N) is 3. The summed E-state index contributed by atoms with van der Waals surface area (Å²) in [5.74, 6) is 0.352. The third-order valence-electron chi connectivity index (χ3n) is 5.05. The number of halogens is 3. The first-order chi connectivity index (χ1) is 12.2. The second kappa shape index (κ2) is 7.36. The maximum atomic E-state index is 12.9. The van der Waals surface area contributed by atoms with E-state index >= 15 is 0 Å². The maximum absolute atomic E-state index is 12.9. The second-order valence-electron chi connectivity index (χ2n) is 7.05. The molecule has 2 fully saturated rings. The van der Waals surface area contributed by atoms with Crippen molar-refractivity contribution in [1.82, 2.24) is 8.61 Å². The van der Waals surface area contributed by atoms with Crippen LogP contribution in [0.25, 0.3) is 0 Å². The molecule has 9 heteroatoms. The number of benzene rings is 1. The average Bonchev–Trinajstić information content (AvgIpc) is 2.61. The van der Waals surface area contributed by atoms with Crippen molar-refractivity contribution in [3.63, 3.8) is 0 Å². The van der Waals surface area contributed by atoms with Crippen LogP contribution < -0.4 is 4.90 Å². The fourth-order valence-electron chi connectivity index (χ4n) is 3.58. The van der Waals surface area contributed by atoms with Crippen molar-refractivity contribution in [2.24, 2.45) is 5.92 Å². The van der Waals surface area contributed by atoms with E-state index < -0.39 is 21.9 Å². The maximum Gasteiger partial charge on any atom is 0.416 e. The minimum atomic E-state index is -4.38. The highest BCUT2D eigenvalue weighted by atomic mass is 32.2. The first-order valence-electron chi connectivity index (χ1n) is 8.85. The summed E-state index contributed by atoms with van der Waals surface area (Å²) in [6.45, 7) is 4.45. The molecule has 2 heterocycles. The summed E-state index contributed by atoms with van der Waals surface area (Å²) in [5.41, 5.74) is -0.212. The van der Waals surface area contributed by atoms with Crippen LogP contribution in [0.2, 0.25) is 0 Å². The predicted molar refractivity (Wildman–Crippen MR) is 94.1 cm³/mol. The summed E-state index contributed by atoms with van der Waals surface area (Å²) in [5, 5.41) is 0. The van der Waals surface area contributed by atoms with Crippen molar-refractivity contribution in [3.05, 3.63) is 29.8 Å². The fourth-order valence-corrected chi connectivity index (χ4v) is 5.33. The number of piperazine rings is 1. The monoisotopic (exact) mass is 391 g/mol.